The van der Waals surface area contributed by atoms with Gasteiger partial charge in [-0.25, -0.2) is 9.59 Å². The van der Waals surface area contributed by atoms with Crippen LogP contribution in [0, 0.1) is 0 Å². The summed E-state index contributed by atoms with van der Waals surface area (Å²) in [6.07, 6.45) is 9.21. The lowest BCUT2D eigenvalue weighted by molar-refractivity contribution is -0.132. The van der Waals surface area contributed by atoms with Crippen molar-refractivity contribution in [3.8, 4) is 0 Å². The van der Waals surface area contributed by atoms with Crippen LogP contribution in [0.15, 0.2) is 47.6 Å². The average Bonchev–Trinajstić information content (AvgIpc) is 2.59. The van der Waals surface area contributed by atoms with Crippen LogP contribution in [-0.2, 0) is 9.59 Å². The van der Waals surface area contributed by atoms with Crippen LogP contribution in [0.2, 0.25) is 0 Å². The van der Waals surface area contributed by atoms with E-state index in [4.69, 9.17) is 10.2 Å². The standard InChI is InChI=1S/C11H10O4/c12-10(13)5-3-8-1-2-9(7-8)4-6-11(14)15/h1-6H,7H2,(H,12,13)(H,14,15). The van der Waals surface area contributed by atoms with E-state index in [1.807, 2.05) is 0 Å². The second-order valence-electron chi connectivity index (χ2n) is 3.00. The number of carbonyl (C=O) groups is 2. The molecule has 2 N–H and O–H groups in total. The minimum Gasteiger partial charge on any atom is -0.478 e. The molecule has 0 spiro atoms. The SMILES string of the molecule is O=C(O)C=CC1=CC=C(C=CC(=O)O)C1. The minimum absolute atomic E-state index is 0.563. The summed E-state index contributed by atoms with van der Waals surface area (Å²) in [4.78, 5) is 20.5. The van der Waals surface area contributed by atoms with E-state index < -0.39 is 11.9 Å². The number of carboxylic acid groups (broad SMARTS) is 2. The maximum Gasteiger partial charge on any atom is 0.328 e. The highest BCUT2D eigenvalue weighted by Gasteiger charge is 2.03. The van der Waals surface area contributed by atoms with Gasteiger partial charge in [0.2, 0.25) is 0 Å². The Kier molecular flexibility index (Phi) is 3.62. The van der Waals surface area contributed by atoms with Crippen molar-refractivity contribution in [2.75, 3.05) is 0 Å². The quantitative estimate of drug-likeness (QED) is 0.684. The van der Waals surface area contributed by atoms with Gasteiger partial charge in [0, 0.05) is 12.2 Å². The monoisotopic (exact) mass is 206 g/mol. The Morgan fingerprint density at radius 2 is 1.40 bits per heavy atom. The maximum atomic E-state index is 10.2. The molecule has 4 nitrogen and oxygen atoms in total. The zero-order chi connectivity index (χ0) is 11.3. The van der Waals surface area contributed by atoms with Gasteiger partial charge in [0.15, 0.2) is 0 Å². The summed E-state index contributed by atoms with van der Waals surface area (Å²) in [6, 6.07) is 0. The lowest BCUT2D eigenvalue weighted by Gasteiger charge is -1.94. The van der Waals surface area contributed by atoms with E-state index in [1.54, 1.807) is 12.2 Å². The summed E-state index contributed by atoms with van der Waals surface area (Å²) in [7, 11) is 0. The highest BCUT2D eigenvalue weighted by molar-refractivity contribution is 5.81. The molecular weight excluding hydrogens is 196 g/mol. The Labute approximate surface area is 86.5 Å². The van der Waals surface area contributed by atoms with Crippen LogP contribution in [0.1, 0.15) is 6.42 Å². The first-order chi connectivity index (χ1) is 7.08. The van der Waals surface area contributed by atoms with Crippen LogP contribution in [0.3, 0.4) is 0 Å². The fraction of sp³-hybridized carbons (Fsp3) is 0.0909. The summed E-state index contributed by atoms with van der Waals surface area (Å²) in [5.41, 5.74) is 1.70. The van der Waals surface area contributed by atoms with Crippen molar-refractivity contribution in [3.05, 3.63) is 47.6 Å². The highest BCUT2D eigenvalue weighted by atomic mass is 16.4. The van der Waals surface area contributed by atoms with Crippen molar-refractivity contribution in [3.63, 3.8) is 0 Å². The van der Waals surface area contributed by atoms with Gasteiger partial charge in [-0.15, -0.1) is 0 Å². The van der Waals surface area contributed by atoms with Gasteiger partial charge in [0.05, 0.1) is 0 Å². The first-order valence-corrected chi connectivity index (χ1v) is 4.29. The van der Waals surface area contributed by atoms with E-state index in [0.29, 0.717) is 6.42 Å². The molecule has 0 saturated carbocycles. The third kappa shape index (κ3) is 4.08. The molecule has 0 aromatic carbocycles. The molecule has 0 heterocycles. The van der Waals surface area contributed by atoms with Crippen molar-refractivity contribution in [1.82, 2.24) is 0 Å². The molecular formula is C11H10O4. The van der Waals surface area contributed by atoms with Crippen LogP contribution >= 0.6 is 0 Å². The molecule has 0 radical (unpaired) electrons. The number of hydrogen-bond acceptors (Lipinski definition) is 2. The molecule has 0 fully saturated rings. The topological polar surface area (TPSA) is 74.6 Å². The summed E-state index contributed by atoms with van der Waals surface area (Å²) < 4.78 is 0. The Bertz CT molecular complexity index is 359. The minimum atomic E-state index is -0.995. The molecule has 15 heavy (non-hydrogen) atoms. The predicted octanol–water partition coefficient (Wildman–Crippen LogP) is 1.52. The first-order valence-electron chi connectivity index (χ1n) is 4.29. The molecule has 0 atom stereocenters. The summed E-state index contributed by atoms with van der Waals surface area (Å²) in [5.74, 6) is -1.99. The van der Waals surface area contributed by atoms with Gasteiger partial charge in [-0.05, 0) is 17.6 Å². The van der Waals surface area contributed by atoms with Crippen molar-refractivity contribution in [1.29, 1.82) is 0 Å². The maximum absolute atomic E-state index is 10.2. The lowest BCUT2D eigenvalue weighted by Crippen LogP contribution is -1.88. The normalized spacial score (nSPS) is 15.7. The number of allylic oxidation sites excluding steroid dienone is 6. The third-order valence-corrected chi connectivity index (χ3v) is 1.80. The van der Waals surface area contributed by atoms with Crippen LogP contribution in [-0.4, -0.2) is 22.2 Å². The van der Waals surface area contributed by atoms with Crippen molar-refractivity contribution in [2.24, 2.45) is 0 Å². The van der Waals surface area contributed by atoms with Crippen LogP contribution < -0.4 is 0 Å². The molecule has 0 aromatic heterocycles. The lowest BCUT2D eigenvalue weighted by atomic mass is 10.1. The zero-order valence-corrected chi connectivity index (χ0v) is 7.88. The molecule has 4 heteroatoms. The van der Waals surface area contributed by atoms with Gasteiger partial charge in [0.25, 0.3) is 0 Å². The van der Waals surface area contributed by atoms with Crippen LogP contribution in [0.25, 0.3) is 0 Å². The molecule has 78 valence electrons. The molecule has 0 aliphatic heterocycles. The number of hydrogen-bond donors (Lipinski definition) is 2. The largest absolute Gasteiger partial charge is 0.478 e. The summed E-state index contributed by atoms with van der Waals surface area (Å²) in [6.45, 7) is 0. The van der Waals surface area contributed by atoms with Crippen LogP contribution in [0.4, 0.5) is 0 Å². The molecule has 0 unspecified atom stereocenters. The number of carboxylic acids is 2. The average molecular weight is 206 g/mol. The highest BCUT2D eigenvalue weighted by Crippen LogP contribution is 2.20. The van der Waals surface area contributed by atoms with Crippen molar-refractivity contribution < 1.29 is 19.8 Å². The van der Waals surface area contributed by atoms with E-state index in [2.05, 4.69) is 0 Å². The van der Waals surface area contributed by atoms with Gasteiger partial charge in [-0.1, -0.05) is 24.3 Å². The smallest absolute Gasteiger partial charge is 0.328 e. The third-order valence-electron chi connectivity index (χ3n) is 1.80. The zero-order valence-electron chi connectivity index (χ0n) is 7.88. The summed E-state index contributed by atoms with van der Waals surface area (Å²) in [5, 5.41) is 16.8. The number of rotatable bonds is 4. The van der Waals surface area contributed by atoms with Gasteiger partial charge in [-0.3, -0.25) is 0 Å². The first kappa shape index (κ1) is 11.0. The van der Waals surface area contributed by atoms with E-state index in [0.717, 1.165) is 23.3 Å². The van der Waals surface area contributed by atoms with Crippen molar-refractivity contribution >= 4 is 11.9 Å². The second-order valence-corrected chi connectivity index (χ2v) is 3.00. The predicted molar refractivity (Wildman–Crippen MR) is 54.3 cm³/mol. The van der Waals surface area contributed by atoms with Crippen LogP contribution in [0.5, 0.6) is 0 Å². The fourth-order valence-corrected chi connectivity index (χ4v) is 1.15. The molecule has 0 amide bonds. The van der Waals surface area contributed by atoms with Gasteiger partial charge in [0.1, 0.15) is 0 Å². The molecule has 1 rings (SSSR count). The molecule has 1 aliphatic carbocycles. The van der Waals surface area contributed by atoms with Gasteiger partial charge < -0.3 is 10.2 Å². The molecule has 0 bridgehead atoms. The number of aliphatic carboxylic acids is 2. The summed E-state index contributed by atoms with van der Waals surface area (Å²) >= 11 is 0. The molecule has 0 aromatic rings. The van der Waals surface area contributed by atoms with Gasteiger partial charge >= 0.3 is 11.9 Å². The molecule has 1 aliphatic rings. The fourth-order valence-electron chi connectivity index (χ4n) is 1.15. The Balaban J connectivity index is 2.49. The van der Waals surface area contributed by atoms with Crippen molar-refractivity contribution in [2.45, 2.75) is 6.42 Å². The second kappa shape index (κ2) is 4.95. The Morgan fingerprint density at radius 1 is 1.00 bits per heavy atom. The molecule has 0 saturated heterocycles. The van der Waals surface area contributed by atoms with E-state index in [-0.39, 0.29) is 0 Å². The Morgan fingerprint density at radius 3 is 1.73 bits per heavy atom. The Hall–Kier alpha value is -2.10. The van der Waals surface area contributed by atoms with E-state index in [1.165, 1.54) is 12.2 Å². The van der Waals surface area contributed by atoms with E-state index >= 15 is 0 Å². The van der Waals surface area contributed by atoms with Gasteiger partial charge in [-0.2, -0.15) is 0 Å². The van der Waals surface area contributed by atoms with E-state index in [9.17, 15) is 9.59 Å².